The number of halogens is 3. The van der Waals surface area contributed by atoms with Crippen LogP contribution in [0.15, 0.2) is 12.1 Å². The van der Waals surface area contributed by atoms with E-state index in [1.807, 2.05) is 0 Å². The van der Waals surface area contributed by atoms with E-state index in [9.17, 15) is 13.2 Å². The highest BCUT2D eigenvalue weighted by Gasteiger charge is 2.15. The summed E-state index contributed by atoms with van der Waals surface area (Å²) in [5.74, 6) is -3.33. The number of aromatic nitrogens is 3. The fourth-order valence-corrected chi connectivity index (χ4v) is 1.48. The second-order valence-electron chi connectivity index (χ2n) is 3.41. The molecule has 90 valence electrons. The molecule has 0 saturated heterocycles. The van der Waals surface area contributed by atoms with Gasteiger partial charge >= 0.3 is 0 Å². The smallest absolute Gasteiger partial charge is 0.224 e. The third kappa shape index (κ3) is 1.83. The SMILES string of the molecule is CNc1nnc(-c2cc(F)c(F)c(F)c2)n1C. The Hall–Kier alpha value is -2.05. The van der Waals surface area contributed by atoms with Gasteiger partial charge in [-0.25, -0.2) is 13.2 Å². The lowest BCUT2D eigenvalue weighted by molar-refractivity contribution is 0.447. The Bertz CT molecular complexity index is 542. The number of anilines is 1. The normalized spacial score (nSPS) is 10.6. The molecule has 4 nitrogen and oxygen atoms in total. The summed E-state index contributed by atoms with van der Waals surface area (Å²) in [6.45, 7) is 0. The molecule has 1 heterocycles. The second kappa shape index (κ2) is 4.08. The lowest BCUT2D eigenvalue weighted by Gasteiger charge is -2.04. The minimum absolute atomic E-state index is 0.123. The second-order valence-corrected chi connectivity index (χ2v) is 3.41. The van der Waals surface area contributed by atoms with Crippen LogP contribution in [-0.2, 0) is 7.05 Å². The topological polar surface area (TPSA) is 42.7 Å². The molecule has 0 atom stereocenters. The van der Waals surface area contributed by atoms with Crippen molar-refractivity contribution in [2.24, 2.45) is 7.05 Å². The molecule has 0 unspecified atom stereocenters. The van der Waals surface area contributed by atoms with Gasteiger partial charge in [-0.2, -0.15) is 0 Å². The molecule has 0 spiro atoms. The van der Waals surface area contributed by atoms with Crippen LogP contribution in [0.1, 0.15) is 0 Å². The summed E-state index contributed by atoms with van der Waals surface area (Å²) >= 11 is 0. The van der Waals surface area contributed by atoms with Crippen molar-refractivity contribution in [3.63, 3.8) is 0 Å². The highest BCUT2D eigenvalue weighted by Crippen LogP contribution is 2.23. The van der Waals surface area contributed by atoms with Crippen LogP contribution < -0.4 is 5.32 Å². The molecule has 0 aliphatic rings. The summed E-state index contributed by atoms with van der Waals surface area (Å²) in [4.78, 5) is 0. The van der Waals surface area contributed by atoms with Gasteiger partial charge in [0.25, 0.3) is 0 Å². The molecule has 2 rings (SSSR count). The van der Waals surface area contributed by atoms with Gasteiger partial charge in [-0.1, -0.05) is 0 Å². The van der Waals surface area contributed by atoms with Gasteiger partial charge in [0.2, 0.25) is 5.95 Å². The van der Waals surface area contributed by atoms with Gasteiger partial charge in [-0.3, -0.25) is 4.57 Å². The maximum absolute atomic E-state index is 13.1. The molecule has 1 aromatic carbocycles. The molecule has 0 radical (unpaired) electrons. The number of benzene rings is 1. The summed E-state index contributed by atoms with van der Waals surface area (Å²) in [6.07, 6.45) is 0. The summed E-state index contributed by atoms with van der Waals surface area (Å²) in [6, 6.07) is 1.75. The maximum Gasteiger partial charge on any atom is 0.224 e. The van der Waals surface area contributed by atoms with Gasteiger partial charge in [0.05, 0.1) is 0 Å². The molecule has 7 heteroatoms. The van der Waals surface area contributed by atoms with Crippen molar-refractivity contribution in [2.45, 2.75) is 0 Å². The average Bonchev–Trinajstić information content (AvgIpc) is 2.66. The van der Waals surface area contributed by atoms with Crippen molar-refractivity contribution in [3.8, 4) is 11.4 Å². The predicted octanol–water partition coefficient (Wildman–Crippen LogP) is 1.94. The van der Waals surface area contributed by atoms with E-state index in [1.54, 1.807) is 14.1 Å². The summed E-state index contributed by atoms with van der Waals surface area (Å²) in [7, 11) is 3.26. The molecule has 17 heavy (non-hydrogen) atoms. The van der Waals surface area contributed by atoms with Crippen molar-refractivity contribution in [3.05, 3.63) is 29.6 Å². The highest BCUT2D eigenvalue weighted by atomic mass is 19.2. The lowest BCUT2D eigenvalue weighted by Crippen LogP contribution is -2.01. The van der Waals surface area contributed by atoms with Crippen LogP contribution in [0.2, 0.25) is 0 Å². The Balaban J connectivity index is 2.57. The van der Waals surface area contributed by atoms with Crippen LogP contribution in [0, 0.1) is 17.5 Å². The quantitative estimate of drug-likeness (QED) is 0.818. The fraction of sp³-hybridized carbons (Fsp3) is 0.200. The van der Waals surface area contributed by atoms with E-state index < -0.39 is 17.5 Å². The highest BCUT2D eigenvalue weighted by molar-refractivity contribution is 5.57. The third-order valence-electron chi connectivity index (χ3n) is 2.34. The fourth-order valence-electron chi connectivity index (χ4n) is 1.48. The van der Waals surface area contributed by atoms with Gasteiger partial charge in [0.1, 0.15) is 0 Å². The lowest BCUT2D eigenvalue weighted by atomic mass is 10.2. The first-order valence-corrected chi connectivity index (χ1v) is 4.76. The van der Waals surface area contributed by atoms with Gasteiger partial charge in [0, 0.05) is 19.7 Å². The zero-order valence-electron chi connectivity index (χ0n) is 9.13. The van der Waals surface area contributed by atoms with Crippen molar-refractivity contribution in [1.29, 1.82) is 0 Å². The minimum atomic E-state index is -1.50. The molecule has 1 N–H and O–H groups in total. The molecule has 0 saturated carbocycles. The Morgan fingerprint density at radius 3 is 2.18 bits per heavy atom. The van der Waals surface area contributed by atoms with E-state index in [-0.39, 0.29) is 11.4 Å². The third-order valence-corrected chi connectivity index (χ3v) is 2.34. The molecule has 0 amide bonds. The molecular formula is C10H9F3N4. The van der Waals surface area contributed by atoms with Crippen LogP contribution in [0.25, 0.3) is 11.4 Å². The van der Waals surface area contributed by atoms with Crippen LogP contribution in [0.5, 0.6) is 0 Å². The van der Waals surface area contributed by atoms with E-state index in [1.165, 1.54) is 4.57 Å². The van der Waals surface area contributed by atoms with Crippen LogP contribution >= 0.6 is 0 Å². The minimum Gasteiger partial charge on any atom is -0.357 e. The molecule has 0 fully saturated rings. The first-order valence-electron chi connectivity index (χ1n) is 4.76. The standard InChI is InChI=1S/C10H9F3N4/c1-14-10-16-15-9(17(10)2)5-3-6(11)8(13)7(12)4-5/h3-4H,1-2H3,(H,14,16). The largest absolute Gasteiger partial charge is 0.357 e. The van der Waals surface area contributed by atoms with Crippen LogP contribution in [-0.4, -0.2) is 21.8 Å². The van der Waals surface area contributed by atoms with E-state index >= 15 is 0 Å². The van der Waals surface area contributed by atoms with E-state index in [4.69, 9.17) is 0 Å². The molecule has 0 bridgehead atoms. The molecule has 0 aliphatic heterocycles. The number of hydrogen-bond donors (Lipinski definition) is 1. The first-order chi connectivity index (χ1) is 8.04. The van der Waals surface area contributed by atoms with E-state index in [0.717, 1.165) is 12.1 Å². The molecule has 1 aromatic heterocycles. The Kier molecular flexibility index (Phi) is 2.74. The van der Waals surface area contributed by atoms with Gasteiger partial charge in [-0.05, 0) is 12.1 Å². The van der Waals surface area contributed by atoms with Gasteiger partial charge < -0.3 is 5.32 Å². The van der Waals surface area contributed by atoms with Crippen molar-refractivity contribution >= 4 is 5.95 Å². The Morgan fingerprint density at radius 1 is 1.12 bits per heavy atom. The first kappa shape index (κ1) is 11.4. The number of hydrogen-bond acceptors (Lipinski definition) is 3. The van der Waals surface area contributed by atoms with Crippen LogP contribution in [0.3, 0.4) is 0 Å². The number of rotatable bonds is 2. The summed E-state index contributed by atoms with van der Waals surface area (Å²) in [5, 5.41) is 10.3. The summed E-state index contributed by atoms with van der Waals surface area (Å²) in [5.41, 5.74) is 0.123. The average molecular weight is 242 g/mol. The molecule has 0 aliphatic carbocycles. The monoisotopic (exact) mass is 242 g/mol. The van der Waals surface area contributed by atoms with Crippen molar-refractivity contribution < 1.29 is 13.2 Å². The Labute approximate surface area is 95.1 Å². The molecule has 2 aromatic rings. The van der Waals surface area contributed by atoms with Gasteiger partial charge in [0.15, 0.2) is 23.3 Å². The zero-order valence-corrected chi connectivity index (χ0v) is 9.13. The maximum atomic E-state index is 13.1. The summed E-state index contributed by atoms with van der Waals surface area (Å²) < 4.78 is 40.4. The number of nitrogens with one attached hydrogen (secondary N) is 1. The van der Waals surface area contributed by atoms with E-state index in [2.05, 4.69) is 15.5 Å². The Morgan fingerprint density at radius 2 is 1.71 bits per heavy atom. The van der Waals surface area contributed by atoms with Crippen LogP contribution in [0.4, 0.5) is 19.1 Å². The van der Waals surface area contributed by atoms with Crippen molar-refractivity contribution in [2.75, 3.05) is 12.4 Å². The predicted molar refractivity (Wildman–Crippen MR) is 55.9 cm³/mol. The molecular weight excluding hydrogens is 233 g/mol. The van der Waals surface area contributed by atoms with Crippen molar-refractivity contribution in [1.82, 2.24) is 14.8 Å². The van der Waals surface area contributed by atoms with Gasteiger partial charge in [-0.15, -0.1) is 10.2 Å². The number of nitrogens with zero attached hydrogens (tertiary/aromatic N) is 3. The van der Waals surface area contributed by atoms with E-state index in [0.29, 0.717) is 5.95 Å². The zero-order chi connectivity index (χ0) is 12.6.